The van der Waals surface area contributed by atoms with E-state index < -0.39 is 29.0 Å². The summed E-state index contributed by atoms with van der Waals surface area (Å²) in [7, 11) is 1.50. The molecule has 28 heavy (non-hydrogen) atoms. The Labute approximate surface area is 177 Å². The summed E-state index contributed by atoms with van der Waals surface area (Å²) in [4.78, 5) is 15.8. The third-order valence-electron chi connectivity index (χ3n) is 3.55. The molecule has 0 aliphatic rings. The van der Waals surface area contributed by atoms with Gasteiger partial charge in [-0.2, -0.15) is 0 Å². The van der Waals surface area contributed by atoms with Crippen molar-refractivity contribution in [1.82, 2.24) is 15.8 Å². The summed E-state index contributed by atoms with van der Waals surface area (Å²) in [6.45, 7) is 4.00. The average Bonchev–Trinajstić information content (AvgIpc) is 3.12. The second-order valence-corrected chi connectivity index (χ2v) is 5.92. The first-order chi connectivity index (χ1) is 12.8. The molecule has 0 radical (unpaired) electrons. The van der Waals surface area contributed by atoms with E-state index in [2.05, 4.69) is 26.1 Å². The van der Waals surface area contributed by atoms with E-state index in [-0.39, 0.29) is 36.4 Å². The fourth-order valence-electron chi connectivity index (χ4n) is 2.06. The van der Waals surface area contributed by atoms with Gasteiger partial charge in [-0.25, -0.2) is 13.2 Å². The lowest BCUT2D eigenvalue weighted by molar-refractivity contribution is -0.115. The molecule has 0 bridgehead atoms. The van der Waals surface area contributed by atoms with Gasteiger partial charge in [-0.15, -0.1) is 24.0 Å². The van der Waals surface area contributed by atoms with Crippen molar-refractivity contribution in [3.63, 3.8) is 0 Å². The van der Waals surface area contributed by atoms with E-state index in [0.717, 1.165) is 17.8 Å². The number of benzene rings is 1. The number of nitrogens with one attached hydrogen (secondary N) is 3. The zero-order chi connectivity index (χ0) is 20.0. The molecular weight excluding hydrogens is 490 g/mol. The van der Waals surface area contributed by atoms with Crippen molar-refractivity contribution in [2.45, 2.75) is 26.3 Å². The number of aromatic nitrogens is 1. The van der Waals surface area contributed by atoms with E-state index >= 15 is 0 Å². The lowest BCUT2D eigenvalue weighted by Gasteiger charge is -2.11. The van der Waals surface area contributed by atoms with Gasteiger partial charge in [0.2, 0.25) is 5.91 Å². The lowest BCUT2D eigenvalue weighted by Crippen LogP contribution is -2.41. The molecule has 7 nitrogen and oxygen atoms in total. The number of amides is 1. The minimum absolute atomic E-state index is 0. The van der Waals surface area contributed by atoms with E-state index in [4.69, 9.17) is 4.52 Å². The molecule has 0 saturated heterocycles. The van der Waals surface area contributed by atoms with Crippen molar-refractivity contribution in [2.24, 2.45) is 4.99 Å². The number of hydrogen-bond donors (Lipinski definition) is 3. The molecule has 11 heteroatoms. The molecule has 0 atom stereocenters. The van der Waals surface area contributed by atoms with Crippen molar-refractivity contribution >= 4 is 41.5 Å². The molecule has 1 aromatic carbocycles. The van der Waals surface area contributed by atoms with Crippen LogP contribution in [0.4, 0.5) is 18.9 Å². The zero-order valence-electron chi connectivity index (χ0n) is 15.5. The van der Waals surface area contributed by atoms with Gasteiger partial charge in [-0.1, -0.05) is 19.0 Å². The van der Waals surface area contributed by atoms with Crippen LogP contribution >= 0.6 is 24.0 Å². The van der Waals surface area contributed by atoms with E-state index in [1.165, 1.54) is 7.05 Å². The Morgan fingerprint density at radius 2 is 1.93 bits per heavy atom. The number of nitrogens with zero attached hydrogens (tertiary/aromatic N) is 2. The van der Waals surface area contributed by atoms with Gasteiger partial charge in [0.15, 0.2) is 29.2 Å². The number of rotatable bonds is 6. The minimum atomic E-state index is -1.65. The van der Waals surface area contributed by atoms with Crippen LogP contribution in [0.15, 0.2) is 27.7 Å². The molecule has 1 amide bonds. The van der Waals surface area contributed by atoms with Crippen molar-refractivity contribution in [2.75, 3.05) is 18.9 Å². The molecule has 0 aliphatic heterocycles. The van der Waals surface area contributed by atoms with Crippen LogP contribution in [-0.4, -0.2) is 30.6 Å². The number of carbonyl (C=O) groups is 1. The van der Waals surface area contributed by atoms with Gasteiger partial charge in [0.05, 0.1) is 24.5 Å². The molecule has 2 rings (SSSR count). The van der Waals surface area contributed by atoms with Gasteiger partial charge in [0.25, 0.3) is 0 Å². The Hall–Kier alpha value is -2.31. The summed E-state index contributed by atoms with van der Waals surface area (Å²) in [5, 5.41) is 11.7. The van der Waals surface area contributed by atoms with Crippen molar-refractivity contribution in [1.29, 1.82) is 0 Å². The SMILES string of the molecule is CN=C(NCC(=O)Nc1ccc(F)c(F)c1F)NCc1cc(C(C)C)no1.I. The van der Waals surface area contributed by atoms with Gasteiger partial charge in [0.1, 0.15) is 0 Å². The summed E-state index contributed by atoms with van der Waals surface area (Å²) in [5.41, 5.74) is 0.370. The summed E-state index contributed by atoms with van der Waals surface area (Å²) in [6.07, 6.45) is 0. The highest BCUT2D eigenvalue weighted by Gasteiger charge is 2.15. The number of anilines is 1. The van der Waals surface area contributed by atoms with Crippen LogP contribution in [0.2, 0.25) is 0 Å². The number of aliphatic imine (C=N–C) groups is 1. The van der Waals surface area contributed by atoms with Crippen LogP contribution in [0, 0.1) is 17.5 Å². The number of carbonyl (C=O) groups excluding carboxylic acids is 1. The van der Waals surface area contributed by atoms with Crippen LogP contribution in [0.25, 0.3) is 0 Å². The van der Waals surface area contributed by atoms with E-state index in [9.17, 15) is 18.0 Å². The summed E-state index contributed by atoms with van der Waals surface area (Å²) >= 11 is 0. The van der Waals surface area contributed by atoms with Crippen molar-refractivity contribution in [3.8, 4) is 0 Å². The predicted molar refractivity (Wildman–Crippen MR) is 109 cm³/mol. The number of guanidine groups is 1. The van der Waals surface area contributed by atoms with Crippen LogP contribution < -0.4 is 16.0 Å². The molecule has 0 saturated carbocycles. The molecule has 2 aromatic rings. The fraction of sp³-hybridized carbons (Fsp3) is 0.353. The van der Waals surface area contributed by atoms with Crippen molar-refractivity contribution < 1.29 is 22.5 Å². The Bertz CT molecular complexity index is 842. The maximum absolute atomic E-state index is 13.6. The average molecular weight is 511 g/mol. The number of hydrogen-bond acceptors (Lipinski definition) is 4. The summed E-state index contributed by atoms with van der Waals surface area (Å²) < 4.78 is 44.8. The van der Waals surface area contributed by atoms with E-state index in [1.54, 1.807) is 0 Å². The van der Waals surface area contributed by atoms with Gasteiger partial charge < -0.3 is 20.5 Å². The largest absolute Gasteiger partial charge is 0.359 e. The molecule has 154 valence electrons. The van der Waals surface area contributed by atoms with Gasteiger partial charge in [-0.05, 0) is 18.1 Å². The summed E-state index contributed by atoms with van der Waals surface area (Å²) in [5.74, 6) is -3.98. The second-order valence-electron chi connectivity index (χ2n) is 5.92. The third kappa shape index (κ3) is 6.39. The Morgan fingerprint density at radius 1 is 1.21 bits per heavy atom. The first kappa shape index (κ1) is 23.7. The van der Waals surface area contributed by atoms with Gasteiger partial charge in [0, 0.05) is 13.1 Å². The predicted octanol–water partition coefficient (Wildman–Crippen LogP) is 3.14. The molecule has 0 aliphatic carbocycles. The van der Waals surface area contributed by atoms with Gasteiger partial charge in [-0.3, -0.25) is 9.79 Å². The third-order valence-corrected chi connectivity index (χ3v) is 3.55. The second kappa shape index (κ2) is 10.9. The number of halogens is 4. The lowest BCUT2D eigenvalue weighted by atomic mass is 10.1. The Kier molecular flexibility index (Phi) is 9.22. The topological polar surface area (TPSA) is 91.5 Å². The normalized spacial score (nSPS) is 11.2. The smallest absolute Gasteiger partial charge is 0.243 e. The Balaban J connectivity index is 0.00000392. The molecule has 0 fully saturated rings. The fourth-order valence-corrected chi connectivity index (χ4v) is 2.06. The highest BCUT2D eigenvalue weighted by molar-refractivity contribution is 14.0. The highest BCUT2D eigenvalue weighted by Crippen LogP contribution is 2.19. The maximum atomic E-state index is 13.6. The minimum Gasteiger partial charge on any atom is -0.359 e. The molecule has 1 aromatic heterocycles. The van der Waals surface area contributed by atoms with Crippen LogP contribution in [-0.2, 0) is 11.3 Å². The Morgan fingerprint density at radius 3 is 2.54 bits per heavy atom. The molecule has 0 spiro atoms. The molecular formula is C17H21F3IN5O2. The van der Waals surface area contributed by atoms with E-state index in [0.29, 0.717) is 18.3 Å². The van der Waals surface area contributed by atoms with Crippen LogP contribution in [0.1, 0.15) is 31.2 Å². The first-order valence-electron chi connectivity index (χ1n) is 8.15. The van der Waals surface area contributed by atoms with E-state index in [1.807, 2.05) is 19.9 Å². The summed E-state index contributed by atoms with van der Waals surface area (Å²) in [6, 6.07) is 3.48. The van der Waals surface area contributed by atoms with Gasteiger partial charge >= 0.3 is 0 Å². The van der Waals surface area contributed by atoms with Crippen LogP contribution in [0.5, 0.6) is 0 Å². The highest BCUT2D eigenvalue weighted by atomic mass is 127. The standard InChI is InChI=1S/C17H20F3N5O2.HI/c1-9(2)13-6-10(27-25-13)7-22-17(21-3)23-8-14(26)24-12-5-4-11(18)15(19)16(12)20;/h4-6,9H,7-8H2,1-3H3,(H,24,26)(H2,21,22,23);1H. The molecule has 3 N–H and O–H groups in total. The quantitative estimate of drug-likeness (QED) is 0.240. The monoisotopic (exact) mass is 511 g/mol. The maximum Gasteiger partial charge on any atom is 0.243 e. The molecule has 1 heterocycles. The zero-order valence-corrected chi connectivity index (χ0v) is 17.8. The van der Waals surface area contributed by atoms with Crippen LogP contribution in [0.3, 0.4) is 0 Å². The molecule has 0 unspecified atom stereocenters. The first-order valence-corrected chi connectivity index (χ1v) is 8.15. The van der Waals surface area contributed by atoms with Crippen molar-refractivity contribution in [3.05, 3.63) is 47.1 Å².